The molecule has 0 unspecified atom stereocenters. The first-order valence-electron chi connectivity index (χ1n) is 12.3. The lowest BCUT2D eigenvalue weighted by Crippen LogP contribution is -2.17. The Kier molecular flexibility index (Phi) is 12.1. The molecule has 0 spiro atoms. The molecule has 5 nitrogen and oxygen atoms in total. The normalized spacial score (nSPS) is 11.6. The highest BCUT2D eigenvalue weighted by atomic mass is 16.5. The van der Waals surface area contributed by atoms with Crippen LogP contribution in [0.3, 0.4) is 0 Å². The minimum atomic E-state index is -0.449. The van der Waals surface area contributed by atoms with Crippen LogP contribution in [0.15, 0.2) is 48.5 Å². The molecule has 180 valence electrons. The predicted molar refractivity (Wildman–Crippen MR) is 131 cm³/mol. The maximum Gasteiger partial charge on any atom is 0.343 e. The Bertz CT molecular complexity index is 826. The van der Waals surface area contributed by atoms with Gasteiger partial charge in [-0.3, -0.25) is 4.79 Å². The van der Waals surface area contributed by atoms with Gasteiger partial charge in [-0.25, -0.2) is 4.79 Å². The van der Waals surface area contributed by atoms with E-state index in [0.29, 0.717) is 23.7 Å². The van der Waals surface area contributed by atoms with Crippen LogP contribution in [0.4, 0.5) is 0 Å². The van der Waals surface area contributed by atoms with Crippen molar-refractivity contribution in [2.75, 3.05) is 6.61 Å². The average Bonchev–Trinajstić information content (AvgIpc) is 2.83. The molecule has 0 amide bonds. The third-order valence-electron chi connectivity index (χ3n) is 5.50. The highest BCUT2D eigenvalue weighted by Gasteiger charge is 2.15. The zero-order valence-electron chi connectivity index (χ0n) is 20.3. The van der Waals surface area contributed by atoms with Crippen molar-refractivity contribution in [3.05, 3.63) is 54.1 Å². The van der Waals surface area contributed by atoms with E-state index >= 15 is 0 Å². The molecule has 0 fully saturated rings. The summed E-state index contributed by atoms with van der Waals surface area (Å²) in [6.07, 6.45) is 9.98. The number of esters is 2. The van der Waals surface area contributed by atoms with E-state index in [4.69, 9.17) is 14.2 Å². The minimum Gasteiger partial charge on any atom is -0.494 e. The molecule has 2 rings (SSSR count). The maximum atomic E-state index is 12.4. The topological polar surface area (TPSA) is 61.8 Å². The summed E-state index contributed by atoms with van der Waals surface area (Å²) in [5.74, 6) is 0.764. The molecule has 33 heavy (non-hydrogen) atoms. The van der Waals surface area contributed by atoms with Crippen LogP contribution in [0.2, 0.25) is 0 Å². The zero-order chi connectivity index (χ0) is 23.9. The lowest BCUT2D eigenvalue weighted by molar-refractivity contribution is -0.138. The molecule has 1 atom stereocenters. The maximum absolute atomic E-state index is 12.4. The van der Waals surface area contributed by atoms with E-state index in [9.17, 15) is 9.59 Å². The monoisotopic (exact) mass is 454 g/mol. The van der Waals surface area contributed by atoms with Crippen molar-refractivity contribution >= 4 is 11.9 Å². The fourth-order valence-corrected chi connectivity index (χ4v) is 3.36. The molecular weight excluding hydrogens is 416 g/mol. The van der Waals surface area contributed by atoms with Crippen LogP contribution in [0.5, 0.6) is 17.2 Å². The Balaban J connectivity index is 1.78. The van der Waals surface area contributed by atoms with Gasteiger partial charge in [0.25, 0.3) is 0 Å². The average molecular weight is 455 g/mol. The van der Waals surface area contributed by atoms with Crippen LogP contribution >= 0.6 is 0 Å². The molecule has 5 heteroatoms. The Morgan fingerprint density at radius 2 is 1.24 bits per heavy atom. The number of carbonyl (C=O) groups excluding carboxylic acids is 2. The quantitative estimate of drug-likeness (QED) is 0.160. The van der Waals surface area contributed by atoms with Crippen molar-refractivity contribution < 1.29 is 23.8 Å². The largest absolute Gasteiger partial charge is 0.494 e. The Labute approximate surface area is 198 Å². The van der Waals surface area contributed by atoms with Crippen LogP contribution < -0.4 is 14.2 Å². The second kappa shape index (κ2) is 15.1. The van der Waals surface area contributed by atoms with Gasteiger partial charge in [-0.1, -0.05) is 65.7 Å². The van der Waals surface area contributed by atoms with E-state index in [1.54, 1.807) is 48.5 Å². The van der Waals surface area contributed by atoms with Gasteiger partial charge in [-0.05, 0) is 61.4 Å². The molecule has 0 aromatic heterocycles. The molecule has 2 aromatic carbocycles. The van der Waals surface area contributed by atoms with Crippen molar-refractivity contribution in [1.82, 2.24) is 0 Å². The van der Waals surface area contributed by atoms with E-state index in [1.165, 1.54) is 25.7 Å². The van der Waals surface area contributed by atoms with Crippen molar-refractivity contribution in [2.24, 2.45) is 5.92 Å². The molecule has 0 N–H and O–H groups in total. The molecule has 0 saturated heterocycles. The van der Waals surface area contributed by atoms with E-state index in [1.807, 2.05) is 6.92 Å². The number of carbonyl (C=O) groups is 2. The molecule has 0 heterocycles. The number of rotatable bonds is 15. The van der Waals surface area contributed by atoms with Gasteiger partial charge in [-0.2, -0.15) is 0 Å². The molecule has 0 bridgehead atoms. The molecule has 0 aliphatic heterocycles. The fraction of sp³-hybridized carbons (Fsp3) is 0.500. The molecule has 2 aromatic rings. The number of hydrogen-bond donors (Lipinski definition) is 0. The van der Waals surface area contributed by atoms with Gasteiger partial charge in [0.05, 0.1) is 18.1 Å². The summed E-state index contributed by atoms with van der Waals surface area (Å²) in [6, 6.07) is 13.5. The van der Waals surface area contributed by atoms with Crippen LogP contribution in [-0.2, 0) is 4.79 Å². The van der Waals surface area contributed by atoms with Crippen molar-refractivity contribution in [2.45, 2.75) is 78.6 Å². The van der Waals surface area contributed by atoms with Gasteiger partial charge >= 0.3 is 11.9 Å². The highest BCUT2D eigenvalue weighted by molar-refractivity contribution is 5.91. The van der Waals surface area contributed by atoms with E-state index < -0.39 is 5.97 Å². The summed E-state index contributed by atoms with van der Waals surface area (Å²) in [5.41, 5.74) is 0.445. The van der Waals surface area contributed by atoms with E-state index in [0.717, 1.165) is 37.9 Å². The van der Waals surface area contributed by atoms with Crippen molar-refractivity contribution in [3.8, 4) is 17.2 Å². The standard InChI is InChI=1S/C28H38O5/c1-4-6-8-10-12-22(3)27(29)32-25-17-19-26(20-18-25)33-28(30)23-13-15-24(16-14-23)31-21-11-9-7-5-2/h13-20,22H,4-12,21H2,1-3H3/t22-/m1/s1. The van der Waals surface area contributed by atoms with Gasteiger partial charge < -0.3 is 14.2 Å². The summed E-state index contributed by atoms with van der Waals surface area (Å²) >= 11 is 0. The first-order valence-corrected chi connectivity index (χ1v) is 12.3. The van der Waals surface area contributed by atoms with E-state index in [2.05, 4.69) is 13.8 Å². The Morgan fingerprint density at radius 1 is 0.697 bits per heavy atom. The van der Waals surface area contributed by atoms with Crippen molar-refractivity contribution in [1.29, 1.82) is 0 Å². The second-order valence-corrected chi connectivity index (χ2v) is 8.47. The van der Waals surface area contributed by atoms with Crippen LogP contribution in [0.25, 0.3) is 0 Å². The van der Waals surface area contributed by atoms with Gasteiger partial charge in [0.2, 0.25) is 0 Å². The van der Waals surface area contributed by atoms with Crippen molar-refractivity contribution in [3.63, 3.8) is 0 Å². The minimum absolute atomic E-state index is 0.136. The first kappa shape index (κ1) is 26.4. The molecule has 0 aliphatic carbocycles. The molecule has 0 aliphatic rings. The summed E-state index contributed by atoms with van der Waals surface area (Å²) in [5, 5.41) is 0. The second-order valence-electron chi connectivity index (χ2n) is 8.47. The molecular formula is C28H38O5. The summed E-state index contributed by atoms with van der Waals surface area (Å²) in [6.45, 7) is 6.92. The Morgan fingerprint density at radius 3 is 1.85 bits per heavy atom. The molecule has 0 radical (unpaired) electrons. The van der Waals surface area contributed by atoms with E-state index in [-0.39, 0.29) is 11.9 Å². The number of hydrogen-bond acceptors (Lipinski definition) is 5. The van der Waals surface area contributed by atoms with Crippen LogP contribution in [0.1, 0.15) is 88.9 Å². The van der Waals surface area contributed by atoms with Crippen LogP contribution in [-0.4, -0.2) is 18.5 Å². The SMILES string of the molecule is CCCCCCOc1ccc(C(=O)Oc2ccc(OC(=O)[C@H](C)CCCCCC)cc2)cc1. The summed E-state index contributed by atoms with van der Waals surface area (Å²) in [4.78, 5) is 24.7. The first-order chi connectivity index (χ1) is 16.0. The lowest BCUT2D eigenvalue weighted by atomic mass is 10.0. The fourth-order valence-electron chi connectivity index (χ4n) is 3.36. The third kappa shape index (κ3) is 10.1. The van der Waals surface area contributed by atoms with Gasteiger partial charge in [-0.15, -0.1) is 0 Å². The number of unbranched alkanes of at least 4 members (excludes halogenated alkanes) is 6. The van der Waals surface area contributed by atoms with Gasteiger partial charge in [0, 0.05) is 0 Å². The summed E-state index contributed by atoms with van der Waals surface area (Å²) < 4.78 is 16.6. The van der Waals surface area contributed by atoms with Crippen LogP contribution in [0, 0.1) is 5.92 Å². The summed E-state index contributed by atoms with van der Waals surface area (Å²) in [7, 11) is 0. The number of ether oxygens (including phenoxy) is 3. The third-order valence-corrected chi connectivity index (χ3v) is 5.50. The molecule has 0 saturated carbocycles. The highest BCUT2D eigenvalue weighted by Crippen LogP contribution is 2.21. The lowest BCUT2D eigenvalue weighted by Gasteiger charge is -2.11. The zero-order valence-corrected chi connectivity index (χ0v) is 20.3. The van der Waals surface area contributed by atoms with Gasteiger partial charge in [0.1, 0.15) is 17.2 Å². The number of benzene rings is 2. The predicted octanol–water partition coefficient (Wildman–Crippen LogP) is 7.38. The van der Waals surface area contributed by atoms with Gasteiger partial charge in [0.15, 0.2) is 0 Å². The Hall–Kier alpha value is -2.82. The smallest absolute Gasteiger partial charge is 0.343 e.